The highest BCUT2D eigenvalue weighted by molar-refractivity contribution is 5.86. The molecular weight excluding hydrogens is 259 g/mol. The van der Waals surface area contributed by atoms with E-state index in [2.05, 4.69) is 0 Å². The van der Waals surface area contributed by atoms with Crippen LogP contribution in [-0.2, 0) is 9.53 Å². The van der Waals surface area contributed by atoms with Crippen molar-refractivity contribution in [3.05, 3.63) is 23.6 Å². The summed E-state index contributed by atoms with van der Waals surface area (Å²) in [6, 6.07) is 0. The second-order valence-electron chi connectivity index (χ2n) is 4.78. The molecule has 106 valence electrons. The number of nitrogens with zero attached hydrogens (tertiary/aromatic N) is 1. The van der Waals surface area contributed by atoms with E-state index in [-0.39, 0.29) is 12.8 Å². The third-order valence-corrected chi connectivity index (χ3v) is 3.61. The molecular formula is C13H16F3NO2. The molecule has 2 rings (SSSR count). The van der Waals surface area contributed by atoms with Gasteiger partial charge in [0.25, 0.3) is 0 Å². The van der Waals surface area contributed by atoms with Gasteiger partial charge in [0.2, 0.25) is 5.78 Å². The maximum Gasteiger partial charge on any atom is 0.450 e. The number of methoxy groups -OCH3 is 1. The van der Waals surface area contributed by atoms with Gasteiger partial charge < -0.3 is 9.64 Å². The Kier molecular flexibility index (Phi) is 3.87. The third-order valence-electron chi connectivity index (χ3n) is 3.61. The number of Topliss-reactive ketones (excluding diaryl/α,β-unsaturated/α-hetero) is 1. The molecule has 0 bridgehead atoms. The van der Waals surface area contributed by atoms with Gasteiger partial charge in [-0.1, -0.05) is 0 Å². The number of fused-ring (bicyclic) bond motifs is 1. The number of ether oxygens (including phenoxy) is 1. The SMILES string of the molecule is COC1=CCN2CCC(C(=O)C(F)(F)F)CCC2=C1. The van der Waals surface area contributed by atoms with Crippen LogP contribution in [0.1, 0.15) is 19.3 Å². The van der Waals surface area contributed by atoms with Crippen molar-refractivity contribution in [2.75, 3.05) is 20.2 Å². The molecule has 1 atom stereocenters. The van der Waals surface area contributed by atoms with Gasteiger partial charge in [-0.05, 0) is 31.4 Å². The largest absolute Gasteiger partial charge is 0.497 e. The summed E-state index contributed by atoms with van der Waals surface area (Å²) in [7, 11) is 1.56. The van der Waals surface area contributed by atoms with Crippen molar-refractivity contribution >= 4 is 5.78 Å². The van der Waals surface area contributed by atoms with Gasteiger partial charge in [-0.25, -0.2) is 0 Å². The van der Waals surface area contributed by atoms with Crippen LogP contribution in [0.3, 0.4) is 0 Å². The zero-order valence-electron chi connectivity index (χ0n) is 10.7. The number of rotatable bonds is 2. The van der Waals surface area contributed by atoms with E-state index in [1.54, 1.807) is 7.11 Å². The summed E-state index contributed by atoms with van der Waals surface area (Å²) in [6.45, 7) is 1.10. The monoisotopic (exact) mass is 275 g/mol. The van der Waals surface area contributed by atoms with Gasteiger partial charge >= 0.3 is 6.18 Å². The van der Waals surface area contributed by atoms with Gasteiger partial charge in [-0.2, -0.15) is 13.2 Å². The number of alkyl halides is 3. The van der Waals surface area contributed by atoms with E-state index in [0.29, 0.717) is 19.5 Å². The number of ketones is 1. The molecule has 1 saturated heterocycles. The first-order valence-electron chi connectivity index (χ1n) is 6.22. The Labute approximate surface area is 109 Å². The topological polar surface area (TPSA) is 29.5 Å². The predicted octanol–water partition coefficient (Wildman–Crippen LogP) is 2.65. The molecule has 0 aromatic carbocycles. The quantitative estimate of drug-likeness (QED) is 0.776. The molecule has 0 spiro atoms. The molecule has 2 heterocycles. The van der Waals surface area contributed by atoms with Crippen molar-refractivity contribution < 1.29 is 22.7 Å². The van der Waals surface area contributed by atoms with E-state index < -0.39 is 17.9 Å². The molecule has 0 saturated carbocycles. The lowest BCUT2D eigenvalue weighted by Gasteiger charge is -2.27. The Morgan fingerprint density at radius 3 is 2.79 bits per heavy atom. The molecule has 0 radical (unpaired) electrons. The van der Waals surface area contributed by atoms with Crippen LogP contribution < -0.4 is 0 Å². The second kappa shape index (κ2) is 5.27. The van der Waals surface area contributed by atoms with Crippen LogP contribution in [0, 0.1) is 5.92 Å². The van der Waals surface area contributed by atoms with Crippen LogP contribution in [0.2, 0.25) is 0 Å². The number of allylic oxidation sites excluding steroid dienone is 2. The first-order valence-corrected chi connectivity index (χ1v) is 6.22. The third kappa shape index (κ3) is 3.11. The lowest BCUT2D eigenvalue weighted by molar-refractivity contribution is -0.175. The smallest absolute Gasteiger partial charge is 0.450 e. The first kappa shape index (κ1) is 14.0. The summed E-state index contributed by atoms with van der Waals surface area (Å²) in [6.07, 6.45) is -0.0180. The van der Waals surface area contributed by atoms with E-state index in [9.17, 15) is 18.0 Å². The number of hydrogen-bond acceptors (Lipinski definition) is 3. The summed E-state index contributed by atoms with van der Waals surface area (Å²) in [4.78, 5) is 13.3. The van der Waals surface area contributed by atoms with Crippen LogP contribution in [0.25, 0.3) is 0 Å². The lowest BCUT2D eigenvalue weighted by Crippen LogP contribution is -2.31. The van der Waals surface area contributed by atoms with Gasteiger partial charge in [0.1, 0.15) is 5.76 Å². The molecule has 19 heavy (non-hydrogen) atoms. The van der Waals surface area contributed by atoms with E-state index in [4.69, 9.17) is 4.74 Å². The first-order chi connectivity index (χ1) is 8.91. The zero-order valence-corrected chi connectivity index (χ0v) is 10.7. The van der Waals surface area contributed by atoms with Crippen molar-refractivity contribution in [2.45, 2.75) is 25.4 Å². The summed E-state index contributed by atoms with van der Waals surface area (Å²) >= 11 is 0. The van der Waals surface area contributed by atoms with Crippen molar-refractivity contribution in [2.24, 2.45) is 5.92 Å². The molecule has 0 amide bonds. The summed E-state index contributed by atoms with van der Waals surface area (Å²) in [5.41, 5.74) is 0.955. The maximum absolute atomic E-state index is 12.4. The minimum Gasteiger partial charge on any atom is -0.497 e. The van der Waals surface area contributed by atoms with Crippen LogP contribution in [-0.4, -0.2) is 37.1 Å². The minimum atomic E-state index is -4.72. The van der Waals surface area contributed by atoms with Gasteiger partial charge in [-0.3, -0.25) is 4.79 Å². The van der Waals surface area contributed by atoms with E-state index in [1.165, 1.54) is 0 Å². The summed E-state index contributed by atoms with van der Waals surface area (Å²) in [5.74, 6) is -1.78. The van der Waals surface area contributed by atoms with Crippen molar-refractivity contribution in [3.63, 3.8) is 0 Å². The Hall–Kier alpha value is -1.46. The van der Waals surface area contributed by atoms with Gasteiger partial charge in [0.05, 0.1) is 7.11 Å². The normalized spacial score (nSPS) is 24.0. The molecule has 1 fully saturated rings. The lowest BCUT2D eigenvalue weighted by atomic mass is 9.95. The van der Waals surface area contributed by atoms with E-state index in [0.717, 1.165) is 11.5 Å². The molecule has 2 aliphatic rings. The summed E-state index contributed by atoms with van der Waals surface area (Å²) in [5, 5.41) is 0. The fourth-order valence-electron chi connectivity index (χ4n) is 2.51. The second-order valence-corrected chi connectivity index (χ2v) is 4.78. The fourth-order valence-corrected chi connectivity index (χ4v) is 2.51. The average molecular weight is 275 g/mol. The molecule has 0 aliphatic carbocycles. The highest BCUT2D eigenvalue weighted by Gasteiger charge is 2.43. The Bertz CT molecular complexity index is 426. The standard InChI is InChI=1S/C13H16F3NO2/c1-19-11-5-7-17-6-4-9(2-3-10(17)8-11)12(18)13(14,15)16/h5,8-9H,2-4,6-7H2,1H3. The van der Waals surface area contributed by atoms with Crippen molar-refractivity contribution in [1.29, 1.82) is 0 Å². The Morgan fingerprint density at radius 1 is 1.42 bits per heavy atom. The summed E-state index contributed by atoms with van der Waals surface area (Å²) < 4.78 is 42.5. The molecule has 3 nitrogen and oxygen atoms in total. The molecule has 2 aliphatic heterocycles. The van der Waals surface area contributed by atoms with Crippen LogP contribution in [0.5, 0.6) is 0 Å². The van der Waals surface area contributed by atoms with Crippen LogP contribution in [0.15, 0.2) is 23.6 Å². The minimum absolute atomic E-state index is 0.248. The number of carbonyl (C=O) groups excluding carboxylic acids is 1. The number of hydrogen-bond donors (Lipinski definition) is 0. The highest BCUT2D eigenvalue weighted by atomic mass is 19.4. The van der Waals surface area contributed by atoms with Crippen LogP contribution in [0.4, 0.5) is 13.2 Å². The highest BCUT2D eigenvalue weighted by Crippen LogP contribution is 2.32. The van der Waals surface area contributed by atoms with Crippen LogP contribution >= 0.6 is 0 Å². The fraction of sp³-hybridized carbons (Fsp3) is 0.615. The Morgan fingerprint density at radius 2 is 2.16 bits per heavy atom. The maximum atomic E-state index is 12.4. The van der Waals surface area contributed by atoms with Crippen molar-refractivity contribution in [1.82, 2.24) is 4.90 Å². The molecule has 1 unspecified atom stereocenters. The number of halogens is 3. The van der Waals surface area contributed by atoms with Crippen molar-refractivity contribution in [3.8, 4) is 0 Å². The van der Waals surface area contributed by atoms with E-state index >= 15 is 0 Å². The number of carbonyl (C=O) groups is 1. The van der Waals surface area contributed by atoms with Gasteiger partial charge in [-0.15, -0.1) is 0 Å². The molecule has 0 N–H and O–H groups in total. The Balaban J connectivity index is 2.06. The van der Waals surface area contributed by atoms with Gasteiger partial charge in [0.15, 0.2) is 0 Å². The zero-order chi connectivity index (χ0) is 14.0. The predicted molar refractivity (Wildman–Crippen MR) is 63.2 cm³/mol. The van der Waals surface area contributed by atoms with Gasteiger partial charge in [0, 0.05) is 24.7 Å². The van der Waals surface area contributed by atoms with E-state index in [1.807, 2.05) is 17.1 Å². The molecule has 0 aromatic rings. The average Bonchev–Trinajstić information content (AvgIpc) is 2.58. The molecule has 0 aromatic heterocycles. The molecule has 6 heteroatoms.